The molecule has 30 heavy (non-hydrogen) atoms. The van der Waals surface area contributed by atoms with E-state index in [-0.39, 0.29) is 18.4 Å². The van der Waals surface area contributed by atoms with Gasteiger partial charge in [-0.15, -0.1) is 0 Å². The lowest BCUT2D eigenvalue weighted by Gasteiger charge is -2.38. The summed E-state index contributed by atoms with van der Waals surface area (Å²) in [6, 6.07) is 13.0. The molecule has 6 nitrogen and oxygen atoms in total. The number of aryl methyl sites for hydroxylation is 1. The van der Waals surface area contributed by atoms with Gasteiger partial charge in [-0.05, 0) is 56.0 Å². The van der Waals surface area contributed by atoms with E-state index in [2.05, 4.69) is 5.32 Å². The third kappa shape index (κ3) is 4.54. The molecule has 158 valence electrons. The lowest BCUT2D eigenvalue weighted by molar-refractivity contribution is -0.139. The number of nitrogens with zero attached hydrogens (tertiary/aromatic N) is 2. The fourth-order valence-corrected chi connectivity index (χ4v) is 4.13. The Morgan fingerprint density at radius 2 is 1.90 bits per heavy atom. The van der Waals surface area contributed by atoms with Gasteiger partial charge >= 0.3 is 0 Å². The van der Waals surface area contributed by atoms with Gasteiger partial charge in [0.15, 0.2) is 6.10 Å². The summed E-state index contributed by atoms with van der Waals surface area (Å²) in [7, 11) is 0. The van der Waals surface area contributed by atoms with E-state index in [1.165, 1.54) is 0 Å². The molecular weight excluding hydrogens is 402 g/mol. The molecule has 0 bridgehead atoms. The standard InChI is InChI=1S/C23H26ClN3O3/c1-16-9-10-17(13-18(16)24)25-22(28)15-27-14-21(23(29)26-11-5-2-6-12-26)30-20-8-4-3-7-19(20)27/h3-4,7-10,13,21H,2,5-6,11-12,14-15H2,1H3,(H,25,28). The van der Waals surface area contributed by atoms with Gasteiger partial charge in [-0.1, -0.05) is 29.8 Å². The number of para-hydroxylation sites is 2. The number of nitrogens with one attached hydrogen (secondary N) is 1. The number of likely N-dealkylation sites (tertiary alicyclic amines) is 1. The van der Waals surface area contributed by atoms with Gasteiger partial charge in [0.2, 0.25) is 5.91 Å². The summed E-state index contributed by atoms with van der Waals surface area (Å²) in [6.45, 7) is 3.92. The van der Waals surface area contributed by atoms with Crippen LogP contribution in [0.4, 0.5) is 11.4 Å². The van der Waals surface area contributed by atoms with Crippen LogP contribution in [-0.4, -0.2) is 49.0 Å². The minimum atomic E-state index is -0.611. The second-order valence-electron chi connectivity index (χ2n) is 7.85. The molecule has 0 spiro atoms. The molecule has 0 saturated carbocycles. The van der Waals surface area contributed by atoms with Crippen LogP contribution in [0.25, 0.3) is 0 Å². The van der Waals surface area contributed by atoms with E-state index in [1.54, 1.807) is 6.07 Å². The smallest absolute Gasteiger partial charge is 0.265 e. The Morgan fingerprint density at radius 1 is 1.13 bits per heavy atom. The first-order valence-electron chi connectivity index (χ1n) is 10.4. The van der Waals surface area contributed by atoms with E-state index < -0.39 is 6.10 Å². The molecule has 4 rings (SSSR count). The van der Waals surface area contributed by atoms with Gasteiger partial charge in [0, 0.05) is 23.8 Å². The number of piperidine rings is 1. The lowest BCUT2D eigenvalue weighted by atomic mass is 10.1. The average molecular weight is 428 g/mol. The van der Waals surface area contributed by atoms with Crippen molar-refractivity contribution in [1.82, 2.24) is 4.90 Å². The maximum atomic E-state index is 13.0. The largest absolute Gasteiger partial charge is 0.477 e. The van der Waals surface area contributed by atoms with Gasteiger partial charge in [-0.3, -0.25) is 9.59 Å². The van der Waals surface area contributed by atoms with Gasteiger partial charge < -0.3 is 19.9 Å². The average Bonchev–Trinajstić information content (AvgIpc) is 2.76. The van der Waals surface area contributed by atoms with Crippen molar-refractivity contribution in [1.29, 1.82) is 0 Å². The number of carbonyl (C=O) groups is 2. The Morgan fingerprint density at radius 3 is 2.67 bits per heavy atom. The summed E-state index contributed by atoms with van der Waals surface area (Å²) in [5, 5.41) is 3.50. The third-order valence-corrected chi connectivity index (χ3v) is 6.00. The topological polar surface area (TPSA) is 61.9 Å². The molecule has 0 radical (unpaired) electrons. The van der Waals surface area contributed by atoms with E-state index >= 15 is 0 Å². The summed E-state index contributed by atoms with van der Waals surface area (Å²) in [4.78, 5) is 29.5. The first-order valence-corrected chi connectivity index (χ1v) is 10.7. The zero-order valence-corrected chi connectivity index (χ0v) is 17.8. The molecule has 1 fully saturated rings. The van der Waals surface area contributed by atoms with Crippen LogP contribution in [0.15, 0.2) is 42.5 Å². The number of rotatable bonds is 4. The molecule has 1 N–H and O–H groups in total. The van der Waals surface area contributed by atoms with Crippen molar-refractivity contribution < 1.29 is 14.3 Å². The van der Waals surface area contributed by atoms with Crippen molar-refractivity contribution in [2.45, 2.75) is 32.3 Å². The van der Waals surface area contributed by atoms with Gasteiger partial charge in [-0.2, -0.15) is 0 Å². The number of anilines is 2. The van der Waals surface area contributed by atoms with Crippen LogP contribution >= 0.6 is 11.6 Å². The normalized spacial score (nSPS) is 18.4. The molecule has 2 heterocycles. The predicted molar refractivity (Wildman–Crippen MR) is 118 cm³/mol. The minimum Gasteiger partial charge on any atom is -0.477 e. The maximum absolute atomic E-state index is 13.0. The van der Waals surface area contributed by atoms with Crippen LogP contribution in [0.5, 0.6) is 5.75 Å². The summed E-state index contributed by atoms with van der Waals surface area (Å²) in [5.74, 6) is 0.459. The predicted octanol–water partition coefficient (Wildman–Crippen LogP) is 3.87. The number of fused-ring (bicyclic) bond motifs is 1. The highest BCUT2D eigenvalue weighted by Gasteiger charge is 2.34. The zero-order valence-electron chi connectivity index (χ0n) is 17.1. The molecule has 2 aromatic rings. The lowest BCUT2D eigenvalue weighted by Crippen LogP contribution is -2.52. The van der Waals surface area contributed by atoms with E-state index in [0.717, 1.165) is 43.6 Å². The number of hydrogen-bond donors (Lipinski definition) is 1. The molecular formula is C23H26ClN3O3. The Bertz CT molecular complexity index is 943. The minimum absolute atomic E-state index is 0.0000670. The number of hydrogen-bond acceptors (Lipinski definition) is 4. The molecule has 1 saturated heterocycles. The third-order valence-electron chi connectivity index (χ3n) is 5.59. The molecule has 7 heteroatoms. The first kappa shape index (κ1) is 20.5. The molecule has 1 unspecified atom stereocenters. The van der Waals surface area contributed by atoms with Gasteiger partial charge in [-0.25, -0.2) is 0 Å². The summed E-state index contributed by atoms with van der Waals surface area (Å²) in [6.07, 6.45) is 2.60. The quantitative estimate of drug-likeness (QED) is 0.804. The van der Waals surface area contributed by atoms with Crippen LogP contribution in [-0.2, 0) is 9.59 Å². The van der Waals surface area contributed by atoms with Crippen LogP contribution in [0, 0.1) is 6.92 Å². The Hall–Kier alpha value is -2.73. The fourth-order valence-electron chi connectivity index (χ4n) is 3.95. The number of carbonyl (C=O) groups excluding carboxylic acids is 2. The highest BCUT2D eigenvalue weighted by molar-refractivity contribution is 6.31. The summed E-state index contributed by atoms with van der Waals surface area (Å²) < 4.78 is 6.02. The van der Waals surface area contributed by atoms with E-state index in [0.29, 0.717) is 23.0 Å². The molecule has 1 atom stereocenters. The Labute approximate surface area is 181 Å². The zero-order chi connectivity index (χ0) is 21.1. The monoisotopic (exact) mass is 427 g/mol. The van der Waals surface area contributed by atoms with Crippen LogP contribution in [0.2, 0.25) is 5.02 Å². The van der Waals surface area contributed by atoms with Crippen molar-refractivity contribution in [2.24, 2.45) is 0 Å². The van der Waals surface area contributed by atoms with Crippen molar-refractivity contribution in [3.8, 4) is 5.75 Å². The van der Waals surface area contributed by atoms with E-state index in [9.17, 15) is 9.59 Å². The van der Waals surface area contributed by atoms with Crippen LogP contribution in [0.1, 0.15) is 24.8 Å². The number of amides is 2. The van der Waals surface area contributed by atoms with Crippen molar-refractivity contribution in [3.05, 3.63) is 53.1 Å². The molecule has 2 aliphatic heterocycles. The summed E-state index contributed by atoms with van der Waals surface area (Å²) in [5.41, 5.74) is 2.42. The Balaban J connectivity index is 1.48. The van der Waals surface area contributed by atoms with E-state index in [4.69, 9.17) is 16.3 Å². The molecule has 2 aromatic carbocycles. The number of benzene rings is 2. The van der Waals surface area contributed by atoms with Crippen LogP contribution < -0.4 is 15.0 Å². The molecule has 2 amide bonds. The summed E-state index contributed by atoms with van der Waals surface area (Å²) >= 11 is 6.16. The number of halogens is 1. The molecule has 0 aliphatic carbocycles. The molecule has 0 aromatic heterocycles. The highest BCUT2D eigenvalue weighted by atomic mass is 35.5. The second kappa shape index (κ2) is 8.96. The molecule has 2 aliphatic rings. The first-order chi connectivity index (χ1) is 14.5. The highest BCUT2D eigenvalue weighted by Crippen LogP contribution is 2.33. The van der Waals surface area contributed by atoms with Gasteiger partial charge in [0.05, 0.1) is 18.8 Å². The van der Waals surface area contributed by atoms with Crippen molar-refractivity contribution in [2.75, 3.05) is 36.4 Å². The van der Waals surface area contributed by atoms with Crippen molar-refractivity contribution >= 4 is 34.8 Å². The van der Waals surface area contributed by atoms with Crippen molar-refractivity contribution in [3.63, 3.8) is 0 Å². The van der Waals surface area contributed by atoms with E-state index in [1.807, 2.05) is 53.1 Å². The SMILES string of the molecule is Cc1ccc(NC(=O)CN2CC(C(=O)N3CCCCC3)Oc3ccccc32)cc1Cl. The Kier molecular flexibility index (Phi) is 6.13. The fraction of sp³-hybridized carbons (Fsp3) is 0.391. The van der Waals surface area contributed by atoms with Gasteiger partial charge in [0.1, 0.15) is 5.75 Å². The van der Waals surface area contributed by atoms with Crippen LogP contribution in [0.3, 0.4) is 0 Å². The number of ether oxygens (including phenoxy) is 1. The maximum Gasteiger partial charge on any atom is 0.265 e. The van der Waals surface area contributed by atoms with Gasteiger partial charge in [0.25, 0.3) is 5.91 Å². The second-order valence-corrected chi connectivity index (χ2v) is 8.26.